The molecule has 0 radical (unpaired) electrons. The highest BCUT2D eigenvalue weighted by molar-refractivity contribution is 8.76. The summed E-state index contributed by atoms with van der Waals surface area (Å²) in [5, 5.41) is 47.6. The van der Waals surface area contributed by atoms with E-state index in [0.29, 0.717) is 12.2 Å². The molecule has 136 valence electrons. The van der Waals surface area contributed by atoms with E-state index in [0.717, 1.165) is 5.03 Å². The van der Waals surface area contributed by atoms with Gasteiger partial charge in [0.15, 0.2) is 0 Å². The van der Waals surface area contributed by atoms with E-state index in [1.807, 2.05) is 18.2 Å². The molecule has 0 spiro atoms. The Morgan fingerprint density at radius 1 is 1.08 bits per heavy atom. The zero-order chi connectivity index (χ0) is 17.9. The number of Topliss-reactive ketones (excluding diaryl/α,β-unsaturated/α-hetero) is 1. The number of aliphatic hydroxyl groups is 5. The van der Waals surface area contributed by atoms with E-state index < -0.39 is 31.0 Å². The van der Waals surface area contributed by atoms with Crippen LogP contribution >= 0.6 is 21.6 Å². The van der Waals surface area contributed by atoms with Crippen LogP contribution in [0.15, 0.2) is 29.4 Å². The number of carbonyl (C=O) groups is 1. The van der Waals surface area contributed by atoms with Crippen molar-refractivity contribution in [3.63, 3.8) is 0 Å². The molecule has 0 fully saturated rings. The second kappa shape index (κ2) is 11.8. The predicted octanol–water partition coefficient (Wildman–Crippen LogP) is -0.00280. The summed E-state index contributed by atoms with van der Waals surface area (Å²) in [5.74, 6) is 0.539. The highest BCUT2D eigenvalue weighted by Gasteiger charge is 2.29. The highest BCUT2D eigenvalue weighted by atomic mass is 33.1. The molecular formula is C15H23NO6S2. The summed E-state index contributed by atoms with van der Waals surface area (Å²) in [6.07, 6.45) is -4.09. The third-order valence-electron chi connectivity index (χ3n) is 3.29. The first kappa shape index (κ1) is 21.4. The van der Waals surface area contributed by atoms with Crippen molar-refractivity contribution in [2.24, 2.45) is 0 Å². The largest absolute Gasteiger partial charge is 0.394 e. The van der Waals surface area contributed by atoms with Gasteiger partial charge in [-0.1, -0.05) is 16.9 Å². The second-order valence-corrected chi connectivity index (χ2v) is 7.64. The minimum atomic E-state index is -1.66. The van der Waals surface area contributed by atoms with Crippen LogP contribution in [0.3, 0.4) is 0 Å². The minimum absolute atomic E-state index is 0.0206. The van der Waals surface area contributed by atoms with Crippen molar-refractivity contribution >= 4 is 27.4 Å². The molecule has 0 saturated carbocycles. The first-order valence-corrected chi connectivity index (χ1v) is 9.83. The lowest BCUT2D eigenvalue weighted by atomic mass is 9.99. The molecule has 0 unspecified atom stereocenters. The van der Waals surface area contributed by atoms with Gasteiger partial charge >= 0.3 is 0 Å². The van der Waals surface area contributed by atoms with Crippen LogP contribution in [0.2, 0.25) is 0 Å². The lowest BCUT2D eigenvalue weighted by Crippen LogP contribution is -2.45. The smallest absolute Gasteiger partial charge is 0.133 e. The van der Waals surface area contributed by atoms with Gasteiger partial charge in [-0.05, 0) is 29.3 Å². The molecule has 1 heterocycles. The van der Waals surface area contributed by atoms with E-state index >= 15 is 0 Å². The summed E-state index contributed by atoms with van der Waals surface area (Å²) >= 11 is 0. The maximum absolute atomic E-state index is 11.8. The van der Waals surface area contributed by atoms with E-state index in [1.165, 1.54) is 21.6 Å². The van der Waals surface area contributed by atoms with Crippen LogP contribution in [0, 0.1) is 0 Å². The Bertz CT molecular complexity index is 478. The topological polar surface area (TPSA) is 131 Å². The molecule has 9 heteroatoms. The van der Waals surface area contributed by atoms with Gasteiger partial charge in [0.2, 0.25) is 0 Å². The fourth-order valence-corrected chi connectivity index (χ4v) is 3.73. The van der Waals surface area contributed by atoms with Crippen molar-refractivity contribution in [1.29, 1.82) is 0 Å². The maximum Gasteiger partial charge on any atom is 0.133 e. The third-order valence-corrected chi connectivity index (χ3v) is 5.56. The first-order valence-electron chi connectivity index (χ1n) is 7.51. The number of aromatic nitrogens is 1. The Morgan fingerprint density at radius 3 is 2.42 bits per heavy atom. The average Bonchev–Trinajstić information content (AvgIpc) is 2.62. The van der Waals surface area contributed by atoms with Gasteiger partial charge in [-0.2, -0.15) is 0 Å². The number of nitrogens with zero attached hydrogens (tertiary/aromatic N) is 1. The zero-order valence-corrected chi connectivity index (χ0v) is 14.7. The number of carbonyl (C=O) groups excluding carboxylic acids is 1. The van der Waals surface area contributed by atoms with Crippen LogP contribution < -0.4 is 0 Å². The molecule has 0 aliphatic heterocycles. The number of hydrogen-bond acceptors (Lipinski definition) is 9. The SMILES string of the molecule is O=C(CCSSc1ccccn1)CC[C@@H](O)[C@@H](O)[C@H](O)[C@H](O)CO. The number of ketones is 1. The Morgan fingerprint density at radius 2 is 1.79 bits per heavy atom. The van der Waals surface area contributed by atoms with Gasteiger partial charge in [0.25, 0.3) is 0 Å². The van der Waals surface area contributed by atoms with E-state index in [9.17, 15) is 25.2 Å². The maximum atomic E-state index is 11.8. The van der Waals surface area contributed by atoms with Crippen LogP contribution in [0.1, 0.15) is 19.3 Å². The average molecular weight is 377 g/mol. The molecule has 0 aliphatic carbocycles. The fourth-order valence-electron chi connectivity index (χ4n) is 1.82. The summed E-state index contributed by atoms with van der Waals surface area (Å²) in [5.41, 5.74) is 0. The normalized spacial score (nSPS) is 16.4. The summed E-state index contributed by atoms with van der Waals surface area (Å²) in [6.45, 7) is -0.727. The zero-order valence-electron chi connectivity index (χ0n) is 13.1. The molecule has 24 heavy (non-hydrogen) atoms. The van der Waals surface area contributed by atoms with Crippen molar-refractivity contribution in [1.82, 2.24) is 4.98 Å². The summed E-state index contributed by atoms with van der Waals surface area (Å²) in [4.78, 5) is 15.9. The Labute approximate surface area is 148 Å². The van der Waals surface area contributed by atoms with Gasteiger partial charge in [0.05, 0.1) is 12.7 Å². The molecule has 1 rings (SSSR count). The first-order chi connectivity index (χ1) is 11.5. The van der Waals surface area contributed by atoms with Gasteiger partial charge in [-0.15, -0.1) is 0 Å². The van der Waals surface area contributed by atoms with Gasteiger partial charge in [0, 0.05) is 24.8 Å². The predicted molar refractivity (Wildman–Crippen MR) is 92.5 cm³/mol. The van der Waals surface area contributed by atoms with Gasteiger partial charge in [-0.25, -0.2) is 4.98 Å². The second-order valence-electron chi connectivity index (χ2n) is 5.20. The number of aliphatic hydroxyl groups excluding tert-OH is 5. The van der Waals surface area contributed by atoms with Crippen LogP contribution in [-0.2, 0) is 4.79 Å². The monoisotopic (exact) mass is 377 g/mol. The van der Waals surface area contributed by atoms with Crippen LogP contribution in [0.5, 0.6) is 0 Å². The van der Waals surface area contributed by atoms with Crippen molar-refractivity contribution in [3.8, 4) is 0 Å². The van der Waals surface area contributed by atoms with Gasteiger partial charge in [0.1, 0.15) is 29.1 Å². The van der Waals surface area contributed by atoms with E-state index in [4.69, 9.17) is 5.11 Å². The molecule has 0 bridgehead atoms. The molecular weight excluding hydrogens is 354 g/mol. The summed E-state index contributed by atoms with van der Waals surface area (Å²) in [7, 11) is 2.99. The van der Waals surface area contributed by atoms with Crippen LogP contribution in [-0.4, -0.2) is 73.1 Å². The van der Waals surface area contributed by atoms with Crippen LogP contribution in [0.25, 0.3) is 0 Å². The van der Waals surface area contributed by atoms with Gasteiger partial charge < -0.3 is 25.5 Å². The van der Waals surface area contributed by atoms with Crippen molar-refractivity contribution in [2.45, 2.75) is 48.7 Å². The quantitative estimate of drug-likeness (QED) is 0.252. The fraction of sp³-hybridized carbons (Fsp3) is 0.600. The molecule has 1 aromatic heterocycles. The third kappa shape index (κ3) is 7.93. The van der Waals surface area contributed by atoms with E-state index in [1.54, 1.807) is 6.20 Å². The molecule has 0 aliphatic rings. The van der Waals surface area contributed by atoms with Crippen molar-refractivity contribution in [2.75, 3.05) is 12.4 Å². The summed E-state index contributed by atoms with van der Waals surface area (Å²) in [6, 6.07) is 5.59. The minimum Gasteiger partial charge on any atom is -0.394 e. The molecule has 0 aromatic carbocycles. The van der Waals surface area contributed by atoms with Crippen molar-refractivity contribution in [3.05, 3.63) is 24.4 Å². The Kier molecular flexibility index (Phi) is 10.5. The molecule has 7 nitrogen and oxygen atoms in total. The number of hydrogen-bond donors (Lipinski definition) is 5. The molecule has 5 N–H and O–H groups in total. The van der Waals surface area contributed by atoms with E-state index in [-0.39, 0.29) is 18.6 Å². The Balaban J connectivity index is 2.18. The van der Waals surface area contributed by atoms with Gasteiger partial charge in [-0.3, -0.25) is 4.79 Å². The lowest BCUT2D eigenvalue weighted by Gasteiger charge is -2.25. The Hall–Kier alpha value is -0.680. The number of rotatable bonds is 12. The lowest BCUT2D eigenvalue weighted by molar-refractivity contribution is -0.125. The highest BCUT2D eigenvalue weighted by Crippen LogP contribution is 2.29. The summed E-state index contributed by atoms with van der Waals surface area (Å²) < 4.78 is 0. The molecule has 1 aromatic rings. The standard InChI is InChI=1S/C15H23NO6S2/c17-9-12(20)15(22)14(21)11(19)5-4-10(18)6-8-23-24-13-3-1-2-7-16-13/h1-3,7,11-12,14-15,17,19-22H,4-6,8-9H2/t11-,12-,14-,15-/m1/s1. The molecule has 0 amide bonds. The molecule has 0 saturated heterocycles. The van der Waals surface area contributed by atoms with Crippen LogP contribution in [0.4, 0.5) is 0 Å². The number of pyridine rings is 1. The van der Waals surface area contributed by atoms with E-state index in [2.05, 4.69) is 4.98 Å². The molecule has 4 atom stereocenters. The van der Waals surface area contributed by atoms with Crippen molar-refractivity contribution < 1.29 is 30.3 Å².